The number of carbonyl (C=O) groups is 1. The molecular weight excluding hydrogens is 251 g/mol. The minimum atomic E-state index is -0.350. The first-order valence-electron chi connectivity index (χ1n) is 5.33. The zero-order chi connectivity index (χ0) is 13.1. The minimum Gasteiger partial charge on any atom is -0.392 e. The average molecular weight is 262 g/mol. The van der Waals surface area contributed by atoms with Crippen LogP contribution < -0.4 is 11.1 Å². The Morgan fingerprint density at radius 1 is 1.22 bits per heavy atom. The van der Waals surface area contributed by atoms with E-state index >= 15 is 0 Å². The van der Waals surface area contributed by atoms with Crippen LogP contribution in [0.2, 0.25) is 0 Å². The Bertz CT molecular complexity index is 627. The third-order valence-corrected chi connectivity index (χ3v) is 2.68. The quantitative estimate of drug-likeness (QED) is 0.832. The number of hydrogen-bond donors (Lipinski definition) is 2. The lowest BCUT2D eigenvalue weighted by Gasteiger charge is -2.08. The van der Waals surface area contributed by atoms with Crippen LogP contribution in [0.5, 0.6) is 0 Å². The van der Waals surface area contributed by atoms with Crippen LogP contribution in [0.25, 0.3) is 10.8 Å². The summed E-state index contributed by atoms with van der Waals surface area (Å²) in [5, 5.41) is 3.57. The van der Waals surface area contributed by atoms with Gasteiger partial charge < -0.3 is 11.1 Å². The molecule has 5 heteroatoms. The summed E-state index contributed by atoms with van der Waals surface area (Å²) in [5.41, 5.74) is 5.72. The number of thiocarbonyl (C=S) groups is 1. The molecular formula is C13H11FN2OS. The molecule has 0 aromatic heterocycles. The second kappa shape index (κ2) is 5.10. The van der Waals surface area contributed by atoms with E-state index in [9.17, 15) is 9.18 Å². The first-order valence-corrected chi connectivity index (χ1v) is 5.74. The third kappa shape index (κ3) is 2.46. The number of carbonyl (C=O) groups excluding carboxylic acids is 1. The molecule has 18 heavy (non-hydrogen) atoms. The van der Waals surface area contributed by atoms with Crippen molar-refractivity contribution in [1.82, 2.24) is 5.32 Å². The predicted molar refractivity (Wildman–Crippen MR) is 73.0 cm³/mol. The number of halogens is 1. The summed E-state index contributed by atoms with van der Waals surface area (Å²) in [6.07, 6.45) is 0. The summed E-state index contributed by atoms with van der Waals surface area (Å²) in [5.74, 6) is -0.671. The molecule has 0 aliphatic heterocycles. The van der Waals surface area contributed by atoms with Crippen LogP contribution in [0.15, 0.2) is 36.4 Å². The molecule has 2 rings (SSSR count). The SMILES string of the molecule is NC(=S)CNC(=O)c1ccc(F)c2ccccc12. The highest BCUT2D eigenvalue weighted by molar-refractivity contribution is 7.80. The van der Waals surface area contributed by atoms with Crippen molar-refractivity contribution in [2.45, 2.75) is 0 Å². The van der Waals surface area contributed by atoms with Crippen LogP contribution in [0.4, 0.5) is 4.39 Å². The van der Waals surface area contributed by atoms with Crippen LogP contribution in [-0.4, -0.2) is 17.4 Å². The van der Waals surface area contributed by atoms with E-state index in [0.717, 1.165) is 0 Å². The second-order valence-electron chi connectivity index (χ2n) is 3.79. The van der Waals surface area contributed by atoms with Crippen molar-refractivity contribution in [3.63, 3.8) is 0 Å². The molecule has 0 unspecified atom stereocenters. The van der Waals surface area contributed by atoms with Gasteiger partial charge in [0.25, 0.3) is 5.91 Å². The van der Waals surface area contributed by atoms with E-state index in [1.807, 2.05) is 0 Å². The Labute approximate surface area is 109 Å². The van der Waals surface area contributed by atoms with Gasteiger partial charge in [-0.05, 0) is 17.5 Å². The van der Waals surface area contributed by atoms with E-state index in [1.54, 1.807) is 24.3 Å². The van der Waals surface area contributed by atoms with Crippen molar-refractivity contribution in [2.75, 3.05) is 6.54 Å². The van der Waals surface area contributed by atoms with E-state index < -0.39 is 0 Å². The van der Waals surface area contributed by atoms with Crippen LogP contribution in [0, 0.1) is 5.82 Å². The van der Waals surface area contributed by atoms with E-state index in [-0.39, 0.29) is 23.3 Å². The molecule has 0 spiro atoms. The van der Waals surface area contributed by atoms with Crippen molar-refractivity contribution in [3.8, 4) is 0 Å². The molecule has 0 aliphatic carbocycles. The Kier molecular flexibility index (Phi) is 3.53. The Morgan fingerprint density at radius 2 is 1.89 bits per heavy atom. The van der Waals surface area contributed by atoms with Gasteiger partial charge in [0, 0.05) is 10.9 Å². The fraction of sp³-hybridized carbons (Fsp3) is 0.0769. The van der Waals surface area contributed by atoms with Crippen molar-refractivity contribution in [3.05, 3.63) is 47.8 Å². The van der Waals surface area contributed by atoms with Gasteiger partial charge in [0.05, 0.1) is 11.5 Å². The first-order chi connectivity index (χ1) is 8.59. The molecule has 0 atom stereocenters. The van der Waals surface area contributed by atoms with E-state index in [1.165, 1.54) is 12.1 Å². The average Bonchev–Trinajstić information content (AvgIpc) is 2.37. The van der Waals surface area contributed by atoms with Gasteiger partial charge in [0.2, 0.25) is 0 Å². The predicted octanol–water partition coefficient (Wildman–Crippen LogP) is 1.99. The van der Waals surface area contributed by atoms with E-state index in [2.05, 4.69) is 17.5 Å². The van der Waals surface area contributed by atoms with Crippen LogP contribution >= 0.6 is 12.2 Å². The second-order valence-corrected chi connectivity index (χ2v) is 4.31. The van der Waals surface area contributed by atoms with Crippen LogP contribution in [0.1, 0.15) is 10.4 Å². The van der Waals surface area contributed by atoms with Gasteiger partial charge in [0.15, 0.2) is 0 Å². The number of nitrogens with two attached hydrogens (primary N) is 1. The van der Waals surface area contributed by atoms with Crippen LogP contribution in [-0.2, 0) is 0 Å². The molecule has 1 amide bonds. The Balaban J connectivity index is 2.42. The summed E-state index contributed by atoms with van der Waals surface area (Å²) < 4.78 is 13.6. The van der Waals surface area contributed by atoms with Gasteiger partial charge in [-0.1, -0.05) is 36.5 Å². The Hall–Kier alpha value is -2.01. The third-order valence-electron chi connectivity index (χ3n) is 2.54. The molecule has 3 nitrogen and oxygen atoms in total. The number of hydrogen-bond acceptors (Lipinski definition) is 2. The van der Waals surface area contributed by atoms with Gasteiger partial charge in [-0.15, -0.1) is 0 Å². The maximum absolute atomic E-state index is 13.6. The topological polar surface area (TPSA) is 55.1 Å². The number of benzene rings is 2. The zero-order valence-corrected chi connectivity index (χ0v) is 10.3. The van der Waals surface area contributed by atoms with E-state index in [4.69, 9.17) is 5.73 Å². The number of fused-ring (bicyclic) bond motifs is 1. The van der Waals surface area contributed by atoms with Gasteiger partial charge in [-0.3, -0.25) is 4.79 Å². The Morgan fingerprint density at radius 3 is 2.56 bits per heavy atom. The molecule has 0 saturated heterocycles. The van der Waals surface area contributed by atoms with Crippen molar-refractivity contribution >= 4 is 33.9 Å². The molecule has 3 N–H and O–H groups in total. The van der Waals surface area contributed by atoms with Gasteiger partial charge in [0.1, 0.15) is 5.82 Å². The van der Waals surface area contributed by atoms with Crippen molar-refractivity contribution in [1.29, 1.82) is 0 Å². The van der Waals surface area contributed by atoms with Crippen molar-refractivity contribution in [2.24, 2.45) is 5.73 Å². The smallest absolute Gasteiger partial charge is 0.252 e. The molecule has 2 aromatic carbocycles. The highest BCUT2D eigenvalue weighted by atomic mass is 32.1. The maximum atomic E-state index is 13.6. The highest BCUT2D eigenvalue weighted by Crippen LogP contribution is 2.21. The summed E-state index contributed by atoms with van der Waals surface area (Å²) in [6.45, 7) is 0.125. The number of amides is 1. The van der Waals surface area contributed by atoms with Gasteiger partial charge >= 0.3 is 0 Å². The van der Waals surface area contributed by atoms with Crippen molar-refractivity contribution < 1.29 is 9.18 Å². The summed E-state index contributed by atoms with van der Waals surface area (Å²) in [6, 6.07) is 9.54. The molecule has 0 fully saturated rings. The van der Waals surface area contributed by atoms with Crippen LogP contribution in [0.3, 0.4) is 0 Å². The molecule has 0 aliphatic rings. The standard InChI is InChI=1S/C13H11FN2OS/c14-11-6-5-10(13(17)16-7-12(15)18)8-3-1-2-4-9(8)11/h1-6H,7H2,(H2,15,18)(H,16,17). The lowest BCUT2D eigenvalue weighted by molar-refractivity contribution is 0.0961. The fourth-order valence-corrected chi connectivity index (χ4v) is 1.80. The summed E-state index contributed by atoms with van der Waals surface area (Å²) in [4.78, 5) is 12.1. The fourth-order valence-electron chi connectivity index (χ4n) is 1.72. The lowest BCUT2D eigenvalue weighted by atomic mass is 10.0. The summed E-state index contributed by atoms with van der Waals surface area (Å²) >= 11 is 4.68. The van der Waals surface area contributed by atoms with E-state index in [0.29, 0.717) is 16.3 Å². The minimum absolute atomic E-state index is 0.125. The molecule has 92 valence electrons. The summed E-state index contributed by atoms with van der Waals surface area (Å²) in [7, 11) is 0. The van der Waals surface area contributed by atoms with Gasteiger partial charge in [-0.25, -0.2) is 4.39 Å². The van der Waals surface area contributed by atoms with Gasteiger partial charge in [-0.2, -0.15) is 0 Å². The normalized spacial score (nSPS) is 10.3. The number of nitrogens with one attached hydrogen (secondary N) is 1. The molecule has 0 saturated carbocycles. The molecule has 0 heterocycles. The molecule has 2 aromatic rings. The molecule has 0 bridgehead atoms. The lowest BCUT2D eigenvalue weighted by Crippen LogP contribution is -2.32. The largest absolute Gasteiger partial charge is 0.392 e. The maximum Gasteiger partial charge on any atom is 0.252 e. The molecule has 0 radical (unpaired) electrons. The monoisotopic (exact) mass is 262 g/mol. The zero-order valence-electron chi connectivity index (χ0n) is 9.44. The number of rotatable bonds is 3. The highest BCUT2D eigenvalue weighted by Gasteiger charge is 2.11. The first kappa shape index (κ1) is 12.4.